The van der Waals surface area contributed by atoms with Crippen molar-refractivity contribution in [2.45, 2.75) is 83.3 Å². The van der Waals surface area contributed by atoms with Gasteiger partial charge in [-0.2, -0.15) is 0 Å². The Labute approximate surface area is 147 Å². The quantitative estimate of drug-likeness (QED) is 0.269. The predicted molar refractivity (Wildman–Crippen MR) is 107 cm³/mol. The molecule has 2 heteroatoms. The Morgan fingerprint density at radius 1 is 0.818 bits per heavy atom. The maximum atomic E-state index is 5.48. The Balaban J connectivity index is 1.87. The van der Waals surface area contributed by atoms with Gasteiger partial charge in [0.15, 0.2) is 0 Å². The molecule has 0 radical (unpaired) electrons. The van der Waals surface area contributed by atoms with Gasteiger partial charge in [-0.05, 0) is 18.4 Å². The molecule has 0 saturated carbocycles. The fourth-order valence-electron chi connectivity index (χ4n) is 2.57. The third-order valence-corrected chi connectivity index (χ3v) is 5.54. The van der Waals surface area contributed by atoms with Crippen molar-refractivity contribution >= 4 is 28.2 Å². The lowest BCUT2D eigenvalue weighted by Gasteiger charge is -2.05. The van der Waals surface area contributed by atoms with Gasteiger partial charge in [-0.1, -0.05) is 107 Å². The number of rotatable bonds is 13. The van der Waals surface area contributed by atoms with E-state index in [4.69, 9.17) is 12.2 Å². The average Bonchev–Trinajstić information content (AvgIpc) is 2.55. The minimum absolute atomic E-state index is 1.03. The van der Waals surface area contributed by atoms with E-state index in [1.807, 2.05) is 11.8 Å². The van der Waals surface area contributed by atoms with Crippen LogP contribution in [0.2, 0.25) is 0 Å². The molecule has 0 aliphatic carbocycles. The molecule has 1 rings (SSSR count). The maximum absolute atomic E-state index is 5.48. The fourth-order valence-corrected chi connectivity index (χ4v) is 3.70. The van der Waals surface area contributed by atoms with Crippen LogP contribution in [-0.2, 0) is 5.75 Å². The van der Waals surface area contributed by atoms with Crippen molar-refractivity contribution in [3.8, 4) is 0 Å². The highest BCUT2D eigenvalue weighted by Crippen LogP contribution is 2.18. The molecule has 22 heavy (non-hydrogen) atoms. The summed E-state index contributed by atoms with van der Waals surface area (Å²) in [5.74, 6) is 1.03. The highest BCUT2D eigenvalue weighted by atomic mass is 32.2. The van der Waals surface area contributed by atoms with E-state index in [-0.39, 0.29) is 0 Å². The van der Waals surface area contributed by atoms with Crippen molar-refractivity contribution in [2.24, 2.45) is 0 Å². The second-order valence-corrected chi connectivity index (χ2v) is 7.90. The third-order valence-electron chi connectivity index (χ3n) is 3.98. The van der Waals surface area contributed by atoms with Gasteiger partial charge in [0, 0.05) is 9.95 Å². The lowest BCUT2D eigenvalue weighted by molar-refractivity contribution is 0.559. The molecule has 0 aliphatic heterocycles. The van der Waals surface area contributed by atoms with E-state index >= 15 is 0 Å². The van der Waals surface area contributed by atoms with Gasteiger partial charge in [-0.15, -0.1) is 11.8 Å². The molecule has 124 valence electrons. The van der Waals surface area contributed by atoms with Gasteiger partial charge < -0.3 is 0 Å². The first-order chi connectivity index (χ1) is 10.8. The average molecular weight is 337 g/mol. The van der Waals surface area contributed by atoms with Crippen molar-refractivity contribution in [3.05, 3.63) is 35.9 Å². The summed E-state index contributed by atoms with van der Waals surface area (Å²) >= 11 is 7.32. The van der Waals surface area contributed by atoms with E-state index in [9.17, 15) is 0 Å². The van der Waals surface area contributed by atoms with Crippen LogP contribution in [-0.4, -0.2) is 4.20 Å². The van der Waals surface area contributed by atoms with Crippen LogP contribution < -0.4 is 0 Å². The molecule has 0 nitrogen and oxygen atoms in total. The summed E-state index contributed by atoms with van der Waals surface area (Å²) in [7, 11) is 0. The van der Waals surface area contributed by atoms with Crippen molar-refractivity contribution < 1.29 is 0 Å². The van der Waals surface area contributed by atoms with Crippen molar-refractivity contribution in [1.29, 1.82) is 0 Å². The molecule has 0 aliphatic rings. The molecular formula is C20H32S2. The number of benzene rings is 1. The van der Waals surface area contributed by atoms with Crippen LogP contribution in [0.5, 0.6) is 0 Å². The largest absolute Gasteiger partial charge is 0.114 e. The Kier molecular flexibility index (Phi) is 12.8. The number of thiocarbonyl (C=S) groups is 1. The summed E-state index contributed by atoms with van der Waals surface area (Å²) in [6.07, 6.45) is 15.0. The minimum Gasteiger partial charge on any atom is -0.114 e. The number of unbranched alkanes of at least 4 members (excludes halogenated alkanes) is 9. The molecule has 0 heterocycles. The zero-order valence-corrected chi connectivity index (χ0v) is 15.8. The maximum Gasteiger partial charge on any atom is 0.0481 e. The normalized spacial score (nSPS) is 10.8. The summed E-state index contributed by atoms with van der Waals surface area (Å²) in [6, 6.07) is 10.6. The van der Waals surface area contributed by atoms with Gasteiger partial charge in [0.1, 0.15) is 0 Å². The summed E-state index contributed by atoms with van der Waals surface area (Å²) in [5, 5.41) is 0. The van der Waals surface area contributed by atoms with E-state index in [1.165, 1.54) is 74.0 Å². The lowest BCUT2D eigenvalue weighted by Crippen LogP contribution is -1.90. The minimum atomic E-state index is 1.03. The van der Waals surface area contributed by atoms with Crippen LogP contribution >= 0.6 is 24.0 Å². The van der Waals surface area contributed by atoms with Crippen LogP contribution in [0, 0.1) is 0 Å². The molecule has 0 N–H and O–H groups in total. The highest BCUT2D eigenvalue weighted by molar-refractivity contribution is 8.22. The van der Waals surface area contributed by atoms with Crippen molar-refractivity contribution in [2.75, 3.05) is 0 Å². The first-order valence-corrected chi connectivity index (χ1v) is 10.4. The van der Waals surface area contributed by atoms with Gasteiger partial charge in [0.05, 0.1) is 0 Å². The Hall–Kier alpha value is -0.340. The Morgan fingerprint density at radius 3 is 1.95 bits per heavy atom. The van der Waals surface area contributed by atoms with Gasteiger partial charge >= 0.3 is 0 Å². The van der Waals surface area contributed by atoms with E-state index in [0.29, 0.717) is 0 Å². The first-order valence-electron chi connectivity index (χ1n) is 9.02. The molecule has 0 bridgehead atoms. The topological polar surface area (TPSA) is 0 Å². The summed E-state index contributed by atoms with van der Waals surface area (Å²) in [5.41, 5.74) is 1.37. The van der Waals surface area contributed by atoms with Crippen LogP contribution in [0.3, 0.4) is 0 Å². The highest BCUT2D eigenvalue weighted by Gasteiger charge is 2.00. The first kappa shape index (κ1) is 19.7. The third kappa shape index (κ3) is 11.3. The summed E-state index contributed by atoms with van der Waals surface area (Å²) in [6.45, 7) is 2.28. The van der Waals surface area contributed by atoms with Crippen molar-refractivity contribution in [3.63, 3.8) is 0 Å². The van der Waals surface area contributed by atoms with Crippen molar-refractivity contribution in [1.82, 2.24) is 0 Å². The summed E-state index contributed by atoms with van der Waals surface area (Å²) < 4.78 is 1.18. The van der Waals surface area contributed by atoms with Gasteiger partial charge in [0.2, 0.25) is 0 Å². The van der Waals surface area contributed by atoms with Gasteiger partial charge in [-0.3, -0.25) is 0 Å². The molecule has 0 fully saturated rings. The summed E-state index contributed by atoms with van der Waals surface area (Å²) in [4.78, 5) is 0. The SMILES string of the molecule is CCCCCCCCCCCCC(=S)SCc1ccccc1. The fraction of sp³-hybridized carbons (Fsp3) is 0.650. The molecular weight excluding hydrogens is 304 g/mol. The number of hydrogen-bond donors (Lipinski definition) is 0. The molecule has 0 amide bonds. The molecule has 0 unspecified atom stereocenters. The van der Waals surface area contributed by atoms with E-state index in [1.54, 1.807) is 0 Å². The zero-order chi connectivity index (χ0) is 15.9. The van der Waals surface area contributed by atoms with Gasteiger partial charge in [-0.25, -0.2) is 0 Å². The Bertz CT molecular complexity index is 373. The second-order valence-electron chi connectivity index (χ2n) is 6.08. The molecule has 0 aromatic heterocycles. The Morgan fingerprint density at radius 2 is 1.36 bits per heavy atom. The number of thioether (sulfide) groups is 1. The van der Waals surface area contributed by atoms with Crippen LogP contribution in [0.15, 0.2) is 30.3 Å². The standard InChI is InChI=1S/C20H32S2/c1-2-3-4-5-6-7-8-9-10-14-17-20(21)22-18-19-15-12-11-13-16-19/h11-13,15-16H,2-10,14,17-18H2,1H3. The molecule has 0 spiro atoms. The molecule has 1 aromatic rings. The monoisotopic (exact) mass is 336 g/mol. The second kappa shape index (κ2) is 14.3. The van der Waals surface area contributed by atoms with E-state index in [0.717, 1.165) is 12.2 Å². The van der Waals surface area contributed by atoms with E-state index in [2.05, 4.69) is 37.3 Å². The van der Waals surface area contributed by atoms with Crippen LogP contribution in [0.25, 0.3) is 0 Å². The predicted octanol–water partition coefficient (Wildman–Crippen LogP) is 7.56. The molecule has 0 saturated heterocycles. The molecule has 1 aromatic carbocycles. The molecule has 0 atom stereocenters. The smallest absolute Gasteiger partial charge is 0.0481 e. The zero-order valence-electron chi connectivity index (χ0n) is 14.2. The van der Waals surface area contributed by atoms with Crippen LogP contribution in [0.1, 0.15) is 83.1 Å². The number of hydrogen-bond acceptors (Lipinski definition) is 2. The van der Waals surface area contributed by atoms with Crippen LogP contribution in [0.4, 0.5) is 0 Å². The lowest BCUT2D eigenvalue weighted by atomic mass is 10.1. The van der Waals surface area contributed by atoms with Gasteiger partial charge in [0.25, 0.3) is 0 Å². The van der Waals surface area contributed by atoms with E-state index < -0.39 is 0 Å².